The van der Waals surface area contributed by atoms with E-state index in [1.807, 2.05) is 30.3 Å². The van der Waals surface area contributed by atoms with Gasteiger partial charge in [0.05, 0.1) is 0 Å². The van der Waals surface area contributed by atoms with E-state index in [1.165, 1.54) is 23.3 Å². The summed E-state index contributed by atoms with van der Waals surface area (Å²) in [4.78, 5) is 13.4. The van der Waals surface area contributed by atoms with Gasteiger partial charge in [0, 0.05) is 22.8 Å². The predicted octanol–water partition coefficient (Wildman–Crippen LogP) is 4.13. The number of hydrogen-bond donors (Lipinski definition) is 2. The van der Waals surface area contributed by atoms with Crippen molar-refractivity contribution in [3.05, 3.63) is 65.7 Å². The molecule has 3 rings (SSSR count). The maximum atomic E-state index is 12.2. The molecule has 5 heteroatoms. The molecule has 1 amide bonds. The van der Waals surface area contributed by atoms with Crippen molar-refractivity contribution in [1.82, 2.24) is 10.6 Å². The van der Waals surface area contributed by atoms with Gasteiger partial charge in [0.2, 0.25) is 0 Å². The summed E-state index contributed by atoms with van der Waals surface area (Å²) in [6.45, 7) is 2.87. The van der Waals surface area contributed by atoms with E-state index >= 15 is 0 Å². The third-order valence-corrected chi connectivity index (χ3v) is 5.40. The number of halogens is 1. The Labute approximate surface area is 160 Å². The average Bonchev–Trinajstić information content (AvgIpc) is 2.66. The van der Waals surface area contributed by atoms with Crippen molar-refractivity contribution in [1.29, 1.82) is 0 Å². The SMILES string of the molecule is Cl.O=C(NCC1CCCNC1)c1ccc(SCc2ccccc2)cc1. The first kappa shape index (κ1) is 19.8. The Hall–Kier alpha value is -1.49. The molecule has 1 aliphatic heterocycles. The first-order chi connectivity index (χ1) is 11.8. The number of carbonyl (C=O) groups excluding carboxylic acids is 1. The van der Waals surface area contributed by atoms with Gasteiger partial charge in [-0.15, -0.1) is 24.2 Å². The Morgan fingerprint density at radius 1 is 1.12 bits per heavy atom. The Morgan fingerprint density at radius 2 is 1.88 bits per heavy atom. The van der Waals surface area contributed by atoms with Crippen molar-refractivity contribution in [2.75, 3.05) is 19.6 Å². The number of amides is 1. The lowest BCUT2D eigenvalue weighted by Gasteiger charge is -2.22. The quantitative estimate of drug-likeness (QED) is 0.745. The molecule has 0 aliphatic carbocycles. The largest absolute Gasteiger partial charge is 0.352 e. The van der Waals surface area contributed by atoms with Crippen LogP contribution in [0.3, 0.4) is 0 Å². The van der Waals surface area contributed by atoms with E-state index in [9.17, 15) is 4.79 Å². The van der Waals surface area contributed by atoms with Crippen LogP contribution in [0.15, 0.2) is 59.5 Å². The molecule has 1 aliphatic rings. The number of piperidine rings is 1. The summed E-state index contributed by atoms with van der Waals surface area (Å²) in [5, 5.41) is 6.44. The molecule has 0 aromatic heterocycles. The van der Waals surface area contributed by atoms with Crippen molar-refractivity contribution in [3.63, 3.8) is 0 Å². The van der Waals surface area contributed by atoms with Crippen molar-refractivity contribution in [2.24, 2.45) is 5.92 Å². The highest BCUT2D eigenvalue weighted by Gasteiger charge is 2.14. The maximum Gasteiger partial charge on any atom is 0.251 e. The fourth-order valence-electron chi connectivity index (χ4n) is 2.88. The standard InChI is InChI=1S/C20H24N2OS.ClH/c23-20(22-14-17-7-4-12-21-13-17)18-8-10-19(11-9-18)24-15-16-5-2-1-3-6-16;/h1-3,5-6,8-11,17,21H,4,7,12-15H2,(H,22,23);1H. The third-order valence-electron chi connectivity index (χ3n) is 4.32. The Balaban J connectivity index is 0.00000225. The summed E-state index contributed by atoms with van der Waals surface area (Å²) in [6.07, 6.45) is 2.40. The van der Waals surface area contributed by atoms with Crippen LogP contribution in [0.25, 0.3) is 0 Å². The van der Waals surface area contributed by atoms with Crippen molar-refractivity contribution in [3.8, 4) is 0 Å². The van der Waals surface area contributed by atoms with Crippen molar-refractivity contribution < 1.29 is 4.79 Å². The molecule has 2 N–H and O–H groups in total. The number of thioether (sulfide) groups is 1. The van der Waals surface area contributed by atoms with E-state index in [0.717, 1.165) is 31.0 Å². The number of nitrogens with one attached hydrogen (secondary N) is 2. The molecule has 0 spiro atoms. The molecule has 1 atom stereocenters. The molecule has 3 nitrogen and oxygen atoms in total. The average molecular weight is 377 g/mol. The van der Waals surface area contributed by atoms with Crippen LogP contribution >= 0.6 is 24.2 Å². The molecule has 25 heavy (non-hydrogen) atoms. The van der Waals surface area contributed by atoms with E-state index in [2.05, 4.69) is 34.9 Å². The summed E-state index contributed by atoms with van der Waals surface area (Å²) in [5.74, 6) is 1.53. The normalized spacial score (nSPS) is 16.7. The summed E-state index contributed by atoms with van der Waals surface area (Å²) in [7, 11) is 0. The zero-order valence-corrected chi connectivity index (χ0v) is 15.9. The van der Waals surface area contributed by atoms with Gasteiger partial charge in [-0.1, -0.05) is 30.3 Å². The maximum absolute atomic E-state index is 12.2. The van der Waals surface area contributed by atoms with Gasteiger partial charge in [-0.05, 0) is 61.7 Å². The predicted molar refractivity (Wildman–Crippen MR) is 108 cm³/mol. The van der Waals surface area contributed by atoms with E-state index in [1.54, 1.807) is 11.8 Å². The van der Waals surface area contributed by atoms with Gasteiger partial charge in [-0.3, -0.25) is 4.79 Å². The third kappa shape index (κ3) is 6.38. The first-order valence-corrected chi connectivity index (χ1v) is 9.55. The molecule has 1 unspecified atom stereocenters. The first-order valence-electron chi connectivity index (χ1n) is 8.57. The van der Waals surface area contributed by atoms with Crippen LogP contribution in [0.4, 0.5) is 0 Å². The van der Waals surface area contributed by atoms with E-state index in [0.29, 0.717) is 5.92 Å². The Kier molecular flexibility index (Phi) is 8.32. The van der Waals surface area contributed by atoms with Crippen LogP contribution in [0.5, 0.6) is 0 Å². The Bertz CT molecular complexity index is 643. The molecule has 1 heterocycles. The molecule has 1 fully saturated rings. The molecule has 1 saturated heterocycles. The van der Waals surface area contributed by atoms with Crippen LogP contribution in [-0.4, -0.2) is 25.5 Å². The number of benzene rings is 2. The Morgan fingerprint density at radius 3 is 2.56 bits per heavy atom. The smallest absolute Gasteiger partial charge is 0.251 e. The molecule has 2 aromatic carbocycles. The van der Waals surface area contributed by atoms with Gasteiger partial charge in [-0.25, -0.2) is 0 Å². The van der Waals surface area contributed by atoms with Gasteiger partial charge in [0.15, 0.2) is 0 Å². The van der Waals surface area contributed by atoms with Gasteiger partial charge >= 0.3 is 0 Å². The second-order valence-electron chi connectivity index (χ2n) is 6.22. The molecule has 2 aromatic rings. The molecule has 0 bridgehead atoms. The van der Waals surface area contributed by atoms with Crippen LogP contribution in [-0.2, 0) is 5.75 Å². The van der Waals surface area contributed by atoms with Crippen molar-refractivity contribution >= 4 is 30.1 Å². The number of rotatable bonds is 6. The highest BCUT2D eigenvalue weighted by Crippen LogP contribution is 2.23. The second kappa shape index (κ2) is 10.5. The summed E-state index contributed by atoms with van der Waals surface area (Å²) in [5.41, 5.74) is 2.05. The fourth-order valence-corrected chi connectivity index (χ4v) is 3.74. The zero-order valence-electron chi connectivity index (χ0n) is 14.2. The van der Waals surface area contributed by atoms with Gasteiger partial charge < -0.3 is 10.6 Å². The minimum absolute atomic E-state index is 0. The lowest BCUT2D eigenvalue weighted by molar-refractivity contribution is 0.0945. The molecule has 0 radical (unpaired) electrons. The molecule has 134 valence electrons. The molecule has 0 saturated carbocycles. The molecular formula is C20H25ClN2OS. The number of carbonyl (C=O) groups is 1. The monoisotopic (exact) mass is 376 g/mol. The van der Waals surface area contributed by atoms with E-state index < -0.39 is 0 Å². The van der Waals surface area contributed by atoms with Crippen LogP contribution in [0, 0.1) is 5.92 Å². The summed E-state index contributed by atoms with van der Waals surface area (Å²) in [6, 6.07) is 18.3. The minimum atomic E-state index is 0. The topological polar surface area (TPSA) is 41.1 Å². The van der Waals surface area contributed by atoms with Gasteiger partial charge in [0.1, 0.15) is 0 Å². The highest BCUT2D eigenvalue weighted by molar-refractivity contribution is 7.98. The van der Waals surface area contributed by atoms with Gasteiger partial charge in [0.25, 0.3) is 5.91 Å². The minimum Gasteiger partial charge on any atom is -0.352 e. The van der Waals surface area contributed by atoms with E-state index in [4.69, 9.17) is 0 Å². The molecular weight excluding hydrogens is 352 g/mol. The van der Waals surface area contributed by atoms with Crippen molar-refractivity contribution in [2.45, 2.75) is 23.5 Å². The van der Waals surface area contributed by atoms with E-state index in [-0.39, 0.29) is 18.3 Å². The zero-order chi connectivity index (χ0) is 16.6. The van der Waals surface area contributed by atoms with Crippen LogP contribution < -0.4 is 10.6 Å². The number of hydrogen-bond acceptors (Lipinski definition) is 3. The fraction of sp³-hybridized carbons (Fsp3) is 0.350. The lowest BCUT2D eigenvalue weighted by atomic mass is 10.00. The summed E-state index contributed by atoms with van der Waals surface area (Å²) >= 11 is 1.79. The van der Waals surface area contributed by atoms with Crippen LogP contribution in [0.2, 0.25) is 0 Å². The lowest BCUT2D eigenvalue weighted by Crippen LogP contribution is -2.38. The summed E-state index contributed by atoms with van der Waals surface area (Å²) < 4.78 is 0. The highest BCUT2D eigenvalue weighted by atomic mass is 35.5. The second-order valence-corrected chi connectivity index (χ2v) is 7.27. The van der Waals surface area contributed by atoms with Gasteiger partial charge in [-0.2, -0.15) is 0 Å². The van der Waals surface area contributed by atoms with Crippen LogP contribution in [0.1, 0.15) is 28.8 Å².